The van der Waals surface area contributed by atoms with E-state index in [2.05, 4.69) is 229 Å². The number of rotatable bonds is 3. The zero-order chi connectivity index (χ0) is 43.1. The fourth-order valence-corrected chi connectivity index (χ4v) is 15.9. The molecule has 10 aromatic carbocycles. The van der Waals surface area contributed by atoms with Crippen molar-refractivity contribution in [2.24, 2.45) is 0 Å². The summed E-state index contributed by atoms with van der Waals surface area (Å²) >= 11 is 5.69. The number of anilines is 3. The smallest absolute Gasteiger partial charge is 0.0736 e. The maximum Gasteiger partial charge on any atom is 0.0736 e. The van der Waals surface area contributed by atoms with Crippen LogP contribution in [0.4, 0.5) is 17.1 Å². The zero-order valence-electron chi connectivity index (χ0n) is 35.5. The molecule has 1 aromatic heterocycles. The summed E-state index contributed by atoms with van der Waals surface area (Å²) in [6.07, 6.45) is 0. The van der Waals surface area contributed by atoms with Crippen molar-refractivity contribution in [2.45, 2.75) is 30.4 Å². The lowest BCUT2D eigenvalue weighted by Crippen LogP contribution is -2.32. The van der Waals surface area contributed by atoms with Gasteiger partial charge in [-0.3, -0.25) is 0 Å². The lowest BCUT2D eigenvalue weighted by molar-refractivity contribution is 0.721. The third-order valence-electron chi connectivity index (χ3n) is 14.8. The van der Waals surface area contributed by atoms with Crippen LogP contribution in [0.5, 0.6) is 0 Å². The predicted octanol–water partition coefficient (Wildman–Crippen LogP) is 17.2. The van der Waals surface area contributed by atoms with Gasteiger partial charge in [0.1, 0.15) is 0 Å². The first kappa shape index (κ1) is 37.2. The lowest BCUT2D eigenvalue weighted by atomic mass is 9.67. The second-order valence-corrected chi connectivity index (χ2v) is 21.0. The second kappa shape index (κ2) is 13.7. The first-order chi connectivity index (χ1) is 32.7. The largest absolute Gasteiger partial charge is 0.309 e. The SMILES string of the molecule is c1ccc2c(c1)Sc1ccccc1C21c2ccccc2-c2ccc(N(c3ccc4c(c3)C3(c5ccccc5Sc5ccccc53)c3ccccc3-4)c3cccc4c3sc3ccccc34)cc21. The van der Waals surface area contributed by atoms with Gasteiger partial charge in [-0.15, -0.1) is 11.3 Å². The summed E-state index contributed by atoms with van der Waals surface area (Å²) in [6.45, 7) is 0. The number of hydrogen-bond donors (Lipinski definition) is 0. The Kier molecular flexibility index (Phi) is 7.73. The Hall–Kier alpha value is -7.08. The molecule has 15 rings (SSSR count). The van der Waals surface area contributed by atoms with Crippen LogP contribution in [0.3, 0.4) is 0 Å². The molecular formula is C62H37NS3. The third kappa shape index (κ3) is 4.73. The van der Waals surface area contributed by atoms with Crippen molar-refractivity contribution in [2.75, 3.05) is 4.90 Å². The quantitative estimate of drug-likeness (QED) is 0.174. The van der Waals surface area contributed by atoms with E-state index in [4.69, 9.17) is 0 Å². The molecule has 0 amide bonds. The minimum atomic E-state index is -0.494. The van der Waals surface area contributed by atoms with E-state index >= 15 is 0 Å². The fraction of sp³-hybridized carbons (Fsp3) is 0.0323. The van der Waals surface area contributed by atoms with Gasteiger partial charge in [-0.25, -0.2) is 0 Å². The molecule has 0 saturated heterocycles. The van der Waals surface area contributed by atoms with E-state index in [1.165, 1.54) is 112 Å². The standard InChI is InChI=1S/C62H37NS3/c1-4-20-46-40(16-1)42-34-32-38(36-52(42)61(46)48-22-6-11-28-56(48)64-57-29-12-7-23-49(57)61)63(54-26-15-19-45-44-18-3-10-27-55(44)66-60(45)54)39-33-35-43-41-17-2-5-21-47(41)62(53(43)37-39)50-24-8-13-30-58(50)65-59-31-14-9-25-51(59)62/h1-37H. The first-order valence-corrected chi connectivity index (χ1v) is 25.1. The highest BCUT2D eigenvalue weighted by atomic mass is 32.2. The molecule has 308 valence electrons. The van der Waals surface area contributed by atoms with E-state index in [1.807, 2.05) is 34.9 Å². The molecule has 0 N–H and O–H groups in total. The normalized spacial score (nSPS) is 14.8. The molecule has 11 aromatic rings. The van der Waals surface area contributed by atoms with Gasteiger partial charge in [0.15, 0.2) is 0 Å². The number of hydrogen-bond acceptors (Lipinski definition) is 4. The Balaban J connectivity index is 1.04. The molecule has 4 heteroatoms. The van der Waals surface area contributed by atoms with Gasteiger partial charge in [0.25, 0.3) is 0 Å². The van der Waals surface area contributed by atoms with Crippen molar-refractivity contribution < 1.29 is 0 Å². The van der Waals surface area contributed by atoms with Gasteiger partial charge < -0.3 is 4.90 Å². The molecule has 66 heavy (non-hydrogen) atoms. The van der Waals surface area contributed by atoms with E-state index in [9.17, 15) is 0 Å². The number of benzene rings is 10. The molecule has 2 spiro atoms. The van der Waals surface area contributed by atoms with Crippen molar-refractivity contribution in [3.63, 3.8) is 0 Å². The summed E-state index contributed by atoms with van der Waals surface area (Å²) in [5, 5.41) is 2.58. The van der Waals surface area contributed by atoms with Crippen LogP contribution in [-0.4, -0.2) is 0 Å². The maximum atomic E-state index is 2.58. The van der Waals surface area contributed by atoms with Crippen LogP contribution in [0, 0.1) is 0 Å². The predicted molar refractivity (Wildman–Crippen MR) is 277 cm³/mol. The van der Waals surface area contributed by atoms with Gasteiger partial charge in [-0.1, -0.05) is 187 Å². The molecule has 0 fully saturated rings. The van der Waals surface area contributed by atoms with Crippen LogP contribution in [0.2, 0.25) is 0 Å². The van der Waals surface area contributed by atoms with Gasteiger partial charge in [-0.05, 0) is 127 Å². The minimum absolute atomic E-state index is 0.494. The van der Waals surface area contributed by atoms with Gasteiger partial charge >= 0.3 is 0 Å². The van der Waals surface area contributed by atoms with Gasteiger partial charge in [0.2, 0.25) is 0 Å². The highest BCUT2D eigenvalue weighted by molar-refractivity contribution is 7.99. The van der Waals surface area contributed by atoms with Crippen molar-refractivity contribution >= 4 is 72.1 Å². The van der Waals surface area contributed by atoms with E-state index in [1.54, 1.807) is 0 Å². The maximum absolute atomic E-state index is 2.58. The van der Waals surface area contributed by atoms with Crippen LogP contribution in [0.25, 0.3) is 42.4 Å². The molecular weight excluding hydrogens is 855 g/mol. The van der Waals surface area contributed by atoms with Crippen molar-refractivity contribution in [3.05, 3.63) is 269 Å². The van der Waals surface area contributed by atoms with E-state index in [0.717, 1.165) is 11.4 Å². The Morgan fingerprint density at radius 2 is 0.697 bits per heavy atom. The first-order valence-electron chi connectivity index (χ1n) is 22.7. The minimum Gasteiger partial charge on any atom is -0.309 e. The second-order valence-electron chi connectivity index (χ2n) is 17.8. The Bertz CT molecular complexity index is 3590. The molecule has 3 heterocycles. The summed E-state index contributed by atoms with van der Waals surface area (Å²) < 4.78 is 2.58. The average molecular weight is 892 g/mol. The highest BCUT2D eigenvalue weighted by Gasteiger charge is 2.52. The molecule has 4 aliphatic rings. The Labute approximate surface area is 396 Å². The summed E-state index contributed by atoms with van der Waals surface area (Å²) in [5.41, 5.74) is 18.4. The van der Waals surface area contributed by atoms with Crippen molar-refractivity contribution in [1.29, 1.82) is 0 Å². The number of fused-ring (bicyclic) bond motifs is 21. The van der Waals surface area contributed by atoms with Crippen LogP contribution < -0.4 is 4.90 Å². The third-order valence-corrected chi connectivity index (χ3v) is 18.3. The van der Waals surface area contributed by atoms with E-state index in [0.29, 0.717) is 0 Å². The van der Waals surface area contributed by atoms with Crippen LogP contribution in [-0.2, 0) is 10.8 Å². The Morgan fingerprint density at radius 1 is 0.303 bits per heavy atom. The van der Waals surface area contributed by atoms with Crippen LogP contribution in [0.15, 0.2) is 244 Å². The molecule has 0 unspecified atom stereocenters. The van der Waals surface area contributed by atoms with Gasteiger partial charge in [0, 0.05) is 46.4 Å². The van der Waals surface area contributed by atoms with Gasteiger partial charge in [-0.2, -0.15) is 0 Å². The molecule has 2 aliphatic carbocycles. The topological polar surface area (TPSA) is 3.24 Å². The van der Waals surface area contributed by atoms with Crippen molar-refractivity contribution in [1.82, 2.24) is 0 Å². The fourth-order valence-electron chi connectivity index (χ4n) is 12.3. The molecule has 1 nitrogen and oxygen atoms in total. The molecule has 0 atom stereocenters. The summed E-state index contributed by atoms with van der Waals surface area (Å²) in [5.74, 6) is 0. The van der Waals surface area contributed by atoms with E-state index < -0.39 is 10.8 Å². The molecule has 0 bridgehead atoms. The van der Waals surface area contributed by atoms with Gasteiger partial charge in [0.05, 0.1) is 21.2 Å². The molecule has 0 radical (unpaired) electrons. The molecule has 0 saturated carbocycles. The highest BCUT2D eigenvalue weighted by Crippen LogP contribution is 2.65. The van der Waals surface area contributed by atoms with Crippen LogP contribution in [0.1, 0.15) is 44.5 Å². The monoisotopic (exact) mass is 891 g/mol. The average Bonchev–Trinajstić information content (AvgIpc) is 4.00. The summed E-state index contributed by atoms with van der Waals surface area (Å²) in [4.78, 5) is 7.82. The number of thiophene rings is 1. The summed E-state index contributed by atoms with van der Waals surface area (Å²) in [7, 11) is 0. The summed E-state index contributed by atoms with van der Waals surface area (Å²) in [6, 6.07) is 85.2. The Morgan fingerprint density at radius 3 is 1.20 bits per heavy atom. The van der Waals surface area contributed by atoms with Crippen molar-refractivity contribution in [3.8, 4) is 22.3 Å². The van der Waals surface area contributed by atoms with Crippen LogP contribution >= 0.6 is 34.9 Å². The number of nitrogens with zero attached hydrogens (tertiary/aromatic N) is 1. The zero-order valence-corrected chi connectivity index (χ0v) is 38.0. The lowest BCUT2D eigenvalue weighted by Gasteiger charge is -2.40. The molecule has 2 aliphatic heterocycles. The van der Waals surface area contributed by atoms with E-state index in [-0.39, 0.29) is 0 Å².